The molecule has 0 bridgehead atoms. The van der Waals surface area contributed by atoms with E-state index in [0.717, 1.165) is 5.01 Å². The van der Waals surface area contributed by atoms with Crippen molar-refractivity contribution in [3.05, 3.63) is 5.01 Å². The molecule has 2 heterocycles. The van der Waals surface area contributed by atoms with Gasteiger partial charge in [0.1, 0.15) is 5.01 Å². The van der Waals surface area contributed by atoms with Crippen LogP contribution in [0.25, 0.3) is 0 Å². The van der Waals surface area contributed by atoms with Crippen LogP contribution >= 0.6 is 22.0 Å². The number of nitrogens with zero attached hydrogens (tertiary/aromatic N) is 3. The Morgan fingerprint density at radius 3 is 2.76 bits per heavy atom. The lowest BCUT2D eigenvalue weighted by molar-refractivity contribution is -0.117. The molecule has 1 amide bonds. The van der Waals surface area contributed by atoms with Crippen molar-refractivity contribution in [2.75, 3.05) is 17.2 Å². The Morgan fingerprint density at radius 1 is 1.53 bits per heavy atom. The number of anilines is 1. The van der Waals surface area contributed by atoms with E-state index < -0.39 is 9.05 Å². The highest BCUT2D eigenvalue weighted by atomic mass is 35.7. The van der Waals surface area contributed by atoms with Crippen molar-refractivity contribution < 1.29 is 13.2 Å². The molecule has 17 heavy (non-hydrogen) atoms. The van der Waals surface area contributed by atoms with Crippen LogP contribution in [0.2, 0.25) is 0 Å². The molecule has 1 unspecified atom stereocenters. The van der Waals surface area contributed by atoms with E-state index in [2.05, 4.69) is 10.2 Å². The minimum atomic E-state index is -3.57. The van der Waals surface area contributed by atoms with Crippen molar-refractivity contribution in [1.29, 1.82) is 0 Å². The van der Waals surface area contributed by atoms with E-state index in [-0.39, 0.29) is 24.0 Å². The highest BCUT2D eigenvalue weighted by Crippen LogP contribution is 2.28. The van der Waals surface area contributed by atoms with Crippen molar-refractivity contribution in [2.24, 2.45) is 5.92 Å². The molecule has 9 heteroatoms. The molecule has 0 N–H and O–H groups in total. The lowest BCUT2D eigenvalue weighted by Gasteiger charge is -2.11. The summed E-state index contributed by atoms with van der Waals surface area (Å²) in [6.45, 7) is 2.13. The van der Waals surface area contributed by atoms with E-state index in [1.807, 2.05) is 0 Å². The summed E-state index contributed by atoms with van der Waals surface area (Å²) in [7, 11) is 1.61. The van der Waals surface area contributed by atoms with Crippen LogP contribution in [0.4, 0.5) is 5.13 Å². The van der Waals surface area contributed by atoms with Crippen LogP contribution in [0.1, 0.15) is 11.4 Å². The maximum absolute atomic E-state index is 11.7. The number of hydrogen-bond acceptors (Lipinski definition) is 6. The average Bonchev–Trinajstić information content (AvgIpc) is 2.70. The normalized spacial score (nSPS) is 21.2. The Bertz CT molecular complexity index is 542. The van der Waals surface area contributed by atoms with Crippen LogP contribution in [0.5, 0.6) is 0 Å². The minimum Gasteiger partial charge on any atom is -0.286 e. The van der Waals surface area contributed by atoms with Crippen LogP contribution < -0.4 is 4.90 Å². The fourth-order valence-electron chi connectivity index (χ4n) is 1.75. The van der Waals surface area contributed by atoms with E-state index >= 15 is 0 Å². The molecule has 1 aliphatic heterocycles. The first-order chi connectivity index (χ1) is 7.85. The number of halogens is 1. The Balaban J connectivity index is 2.10. The van der Waals surface area contributed by atoms with Crippen LogP contribution in [-0.4, -0.2) is 36.8 Å². The first-order valence-electron chi connectivity index (χ1n) is 4.88. The average molecular weight is 296 g/mol. The molecule has 1 saturated heterocycles. The Kier molecular flexibility index (Phi) is 3.37. The molecular formula is C8H10ClN3O3S2. The third kappa shape index (κ3) is 3.14. The van der Waals surface area contributed by atoms with Gasteiger partial charge in [0.05, 0.1) is 5.75 Å². The summed E-state index contributed by atoms with van der Waals surface area (Å²) in [5, 5.41) is 8.98. The second-order valence-electron chi connectivity index (χ2n) is 3.88. The quantitative estimate of drug-likeness (QED) is 0.769. The highest BCUT2D eigenvalue weighted by Gasteiger charge is 2.34. The molecule has 0 aliphatic carbocycles. The highest BCUT2D eigenvalue weighted by molar-refractivity contribution is 8.13. The molecule has 1 atom stereocenters. The van der Waals surface area contributed by atoms with Crippen LogP contribution in [-0.2, 0) is 13.8 Å². The topological polar surface area (TPSA) is 80.2 Å². The fourth-order valence-corrected chi connectivity index (χ4v) is 3.79. The largest absolute Gasteiger partial charge is 0.286 e. The molecular weight excluding hydrogens is 286 g/mol. The first-order valence-corrected chi connectivity index (χ1v) is 8.17. The number of carbonyl (C=O) groups is 1. The van der Waals surface area contributed by atoms with Gasteiger partial charge in [-0.05, 0) is 6.92 Å². The predicted molar refractivity (Wildman–Crippen MR) is 64.7 cm³/mol. The molecule has 0 aromatic carbocycles. The van der Waals surface area contributed by atoms with E-state index in [1.165, 1.54) is 16.2 Å². The third-order valence-corrected chi connectivity index (χ3v) is 4.50. The molecule has 0 saturated carbocycles. The van der Waals surface area contributed by atoms with Gasteiger partial charge >= 0.3 is 0 Å². The molecule has 2 rings (SSSR count). The van der Waals surface area contributed by atoms with Crippen molar-refractivity contribution in [3.8, 4) is 0 Å². The Labute approximate surface area is 107 Å². The third-order valence-electron chi connectivity index (χ3n) is 2.39. The van der Waals surface area contributed by atoms with Gasteiger partial charge in [-0.3, -0.25) is 9.69 Å². The van der Waals surface area contributed by atoms with Gasteiger partial charge in [-0.2, -0.15) is 0 Å². The number of aromatic nitrogens is 2. The zero-order valence-corrected chi connectivity index (χ0v) is 11.3. The van der Waals surface area contributed by atoms with E-state index in [4.69, 9.17) is 10.7 Å². The summed E-state index contributed by atoms with van der Waals surface area (Å²) >= 11 is 1.31. The zero-order chi connectivity index (χ0) is 12.6. The molecule has 1 aromatic heterocycles. The van der Waals surface area contributed by atoms with Crippen molar-refractivity contribution in [1.82, 2.24) is 10.2 Å². The fraction of sp³-hybridized carbons (Fsp3) is 0.625. The maximum Gasteiger partial charge on any atom is 0.232 e. The number of hydrogen-bond donors (Lipinski definition) is 0. The van der Waals surface area contributed by atoms with Gasteiger partial charge in [0, 0.05) is 29.6 Å². The molecule has 0 radical (unpaired) electrons. The zero-order valence-electron chi connectivity index (χ0n) is 8.96. The van der Waals surface area contributed by atoms with Gasteiger partial charge in [0.2, 0.25) is 20.1 Å². The van der Waals surface area contributed by atoms with Gasteiger partial charge in [0.25, 0.3) is 0 Å². The lowest BCUT2D eigenvalue weighted by Crippen LogP contribution is -2.25. The maximum atomic E-state index is 11.7. The number of carbonyl (C=O) groups excluding carboxylic acids is 1. The van der Waals surface area contributed by atoms with E-state index in [1.54, 1.807) is 6.92 Å². The predicted octanol–water partition coefficient (Wildman–Crippen LogP) is 0.768. The molecule has 94 valence electrons. The van der Waals surface area contributed by atoms with Crippen molar-refractivity contribution in [2.45, 2.75) is 13.3 Å². The Morgan fingerprint density at radius 2 is 2.24 bits per heavy atom. The molecule has 1 aliphatic rings. The summed E-state index contributed by atoms with van der Waals surface area (Å²) in [5.41, 5.74) is 0. The van der Waals surface area contributed by atoms with Crippen molar-refractivity contribution in [3.63, 3.8) is 0 Å². The van der Waals surface area contributed by atoms with E-state index in [0.29, 0.717) is 11.7 Å². The molecule has 1 aromatic rings. The summed E-state index contributed by atoms with van der Waals surface area (Å²) in [6, 6.07) is 0. The molecule has 0 spiro atoms. The number of amides is 1. The van der Waals surface area contributed by atoms with E-state index in [9.17, 15) is 13.2 Å². The van der Waals surface area contributed by atoms with Gasteiger partial charge < -0.3 is 0 Å². The Hall–Kier alpha value is -0.730. The second kappa shape index (κ2) is 4.51. The monoisotopic (exact) mass is 295 g/mol. The van der Waals surface area contributed by atoms with Gasteiger partial charge in [0.15, 0.2) is 0 Å². The SMILES string of the molecule is Cc1nnc(N2CC(CS(=O)(=O)Cl)CC2=O)s1. The second-order valence-corrected chi connectivity index (χ2v) is 7.87. The standard InChI is InChI=1S/C8H10ClN3O3S2/c1-5-10-11-8(16-5)12-3-6(2-7(12)13)4-17(9,14)15/h6H,2-4H2,1H3. The van der Waals surface area contributed by atoms with Gasteiger partial charge in [-0.25, -0.2) is 8.42 Å². The number of rotatable bonds is 3. The number of aryl methyl sites for hydroxylation is 1. The summed E-state index contributed by atoms with van der Waals surface area (Å²) in [5.74, 6) is -0.588. The van der Waals surface area contributed by atoms with Crippen LogP contribution in [0, 0.1) is 12.8 Å². The summed E-state index contributed by atoms with van der Waals surface area (Å²) in [6.07, 6.45) is 0.185. The molecule has 1 fully saturated rings. The smallest absolute Gasteiger partial charge is 0.232 e. The summed E-state index contributed by atoms with van der Waals surface area (Å²) in [4.78, 5) is 13.2. The summed E-state index contributed by atoms with van der Waals surface area (Å²) < 4.78 is 21.9. The first kappa shape index (κ1) is 12.7. The van der Waals surface area contributed by atoms with Crippen LogP contribution in [0.15, 0.2) is 0 Å². The minimum absolute atomic E-state index is 0.133. The molecule has 6 nitrogen and oxygen atoms in total. The van der Waals surface area contributed by atoms with Crippen molar-refractivity contribution >= 4 is 42.1 Å². The van der Waals surface area contributed by atoms with Crippen LogP contribution in [0.3, 0.4) is 0 Å². The van der Waals surface area contributed by atoms with Gasteiger partial charge in [-0.15, -0.1) is 10.2 Å². The lowest BCUT2D eigenvalue weighted by atomic mass is 10.1. The van der Waals surface area contributed by atoms with Gasteiger partial charge in [-0.1, -0.05) is 11.3 Å².